The second-order valence-electron chi connectivity index (χ2n) is 7.69. The van der Waals surface area contributed by atoms with Gasteiger partial charge in [0.25, 0.3) is 5.91 Å². The van der Waals surface area contributed by atoms with Crippen LogP contribution in [0.4, 0.5) is 19.0 Å². The number of aromatic nitrogens is 1. The van der Waals surface area contributed by atoms with Gasteiger partial charge in [0.15, 0.2) is 0 Å². The van der Waals surface area contributed by atoms with E-state index in [9.17, 15) is 18.0 Å². The van der Waals surface area contributed by atoms with Gasteiger partial charge in [-0.1, -0.05) is 26.0 Å². The zero-order valence-corrected chi connectivity index (χ0v) is 17.3. The smallest absolute Gasteiger partial charge is 0.378 e. The van der Waals surface area contributed by atoms with Gasteiger partial charge in [-0.3, -0.25) is 4.79 Å². The molecule has 1 N–H and O–H groups in total. The Morgan fingerprint density at radius 1 is 1.20 bits per heavy atom. The molecular weight excluding hydrogens is 395 g/mol. The van der Waals surface area contributed by atoms with E-state index in [0.29, 0.717) is 30.0 Å². The topological polar surface area (TPSA) is 54.5 Å². The fraction of sp³-hybridized carbons (Fsp3) is 0.455. The first-order valence-corrected chi connectivity index (χ1v) is 9.95. The van der Waals surface area contributed by atoms with E-state index in [-0.39, 0.29) is 18.4 Å². The second kappa shape index (κ2) is 9.04. The van der Waals surface area contributed by atoms with E-state index in [1.54, 1.807) is 0 Å². The summed E-state index contributed by atoms with van der Waals surface area (Å²) in [5, 5.41) is 2.81. The number of nitrogens with zero attached hydrogens (tertiary/aromatic N) is 2. The minimum absolute atomic E-state index is 0.0384. The van der Waals surface area contributed by atoms with Crippen LogP contribution in [0.15, 0.2) is 30.3 Å². The van der Waals surface area contributed by atoms with Gasteiger partial charge < -0.3 is 15.0 Å². The predicted octanol–water partition coefficient (Wildman–Crippen LogP) is 4.30. The van der Waals surface area contributed by atoms with Crippen molar-refractivity contribution in [2.75, 3.05) is 31.2 Å². The predicted molar refractivity (Wildman–Crippen MR) is 109 cm³/mol. The summed E-state index contributed by atoms with van der Waals surface area (Å²) in [5.41, 5.74) is 1.94. The Hall–Kier alpha value is -2.61. The quantitative estimate of drug-likeness (QED) is 0.782. The number of rotatable bonds is 5. The molecule has 1 aromatic carbocycles. The van der Waals surface area contributed by atoms with E-state index in [2.05, 4.69) is 10.2 Å². The molecule has 3 rings (SSSR count). The number of aryl methyl sites for hydroxylation is 1. The number of halogens is 3. The molecule has 8 heteroatoms. The number of morpholine rings is 1. The number of benzene rings is 1. The van der Waals surface area contributed by atoms with Gasteiger partial charge in [0.05, 0.1) is 30.0 Å². The average Bonchev–Trinajstić information content (AvgIpc) is 2.71. The van der Waals surface area contributed by atoms with Crippen LogP contribution in [0, 0.1) is 6.92 Å². The minimum atomic E-state index is -4.38. The van der Waals surface area contributed by atoms with Crippen LogP contribution in [0.3, 0.4) is 0 Å². The fourth-order valence-corrected chi connectivity index (χ4v) is 3.43. The summed E-state index contributed by atoms with van der Waals surface area (Å²) in [6.07, 6.45) is -4.38. The summed E-state index contributed by atoms with van der Waals surface area (Å²) in [7, 11) is 0. The lowest BCUT2D eigenvalue weighted by Crippen LogP contribution is -2.37. The Bertz CT molecular complexity index is 890. The number of hydrogen-bond donors (Lipinski definition) is 1. The van der Waals surface area contributed by atoms with E-state index >= 15 is 0 Å². The van der Waals surface area contributed by atoms with E-state index in [1.807, 2.05) is 26.8 Å². The first kappa shape index (κ1) is 22.1. The number of anilines is 1. The summed E-state index contributed by atoms with van der Waals surface area (Å²) in [6, 6.07) is 6.69. The Morgan fingerprint density at radius 3 is 2.40 bits per heavy atom. The second-order valence-corrected chi connectivity index (χ2v) is 7.69. The van der Waals surface area contributed by atoms with Crippen LogP contribution in [0.2, 0.25) is 0 Å². The summed E-state index contributed by atoms with van der Waals surface area (Å²) in [4.78, 5) is 19.8. The van der Waals surface area contributed by atoms with E-state index in [1.165, 1.54) is 12.1 Å². The molecule has 1 amide bonds. The van der Waals surface area contributed by atoms with Crippen molar-refractivity contribution in [2.24, 2.45) is 0 Å². The third kappa shape index (κ3) is 5.11. The highest BCUT2D eigenvalue weighted by atomic mass is 19.4. The molecule has 2 aromatic rings. The van der Waals surface area contributed by atoms with Gasteiger partial charge in [-0.25, -0.2) is 4.98 Å². The average molecular weight is 421 g/mol. The van der Waals surface area contributed by atoms with Crippen LogP contribution in [0.1, 0.15) is 52.5 Å². The van der Waals surface area contributed by atoms with Gasteiger partial charge in [-0.2, -0.15) is 13.2 Å². The molecule has 0 saturated carbocycles. The Morgan fingerprint density at radius 2 is 1.83 bits per heavy atom. The standard InChI is InChI=1S/C22H26F3N3O2/c1-14(2)20-19(15(3)12-18(27-20)28-8-10-30-11-9-28)21(29)26-13-16-4-6-17(7-5-16)22(23,24)25/h4-7,12,14H,8-11,13H2,1-3H3,(H,26,29). The molecule has 5 nitrogen and oxygen atoms in total. The molecular formula is C22H26F3N3O2. The number of carbonyl (C=O) groups excluding carboxylic acids is 1. The lowest BCUT2D eigenvalue weighted by molar-refractivity contribution is -0.137. The number of carbonyl (C=O) groups is 1. The number of pyridine rings is 1. The van der Waals surface area contributed by atoms with Gasteiger partial charge in [-0.15, -0.1) is 0 Å². The maximum absolute atomic E-state index is 12.9. The lowest BCUT2D eigenvalue weighted by Gasteiger charge is -2.29. The highest BCUT2D eigenvalue weighted by molar-refractivity contribution is 5.97. The zero-order valence-electron chi connectivity index (χ0n) is 17.3. The van der Waals surface area contributed by atoms with Crippen molar-refractivity contribution in [1.82, 2.24) is 10.3 Å². The molecule has 30 heavy (non-hydrogen) atoms. The van der Waals surface area contributed by atoms with Crippen LogP contribution in [-0.4, -0.2) is 37.2 Å². The van der Waals surface area contributed by atoms with Crippen molar-refractivity contribution < 1.29 is 22.7 Å². The molecule has 1 aliphatic heterocycles. The first-order chi connectivity index (χ1) is 14.2. The van der Waals surface area contributed by atoms with Crippen LogP contribution in [-0.2, 0) is 17.5 Å². The molecule has 1 aliphatic rings. The molecule has 1 saturated heterocycles. The summed E-state index contributed by atoms with van der Waals surface area (Å²) in [6.45, 7) is 8.78. The Labute approximate surface area is 174 Å². The van der Waals surface area contributed by atoms with Gasteiger partial charge in [0.1, 0.15) is 5.82 Å². The molecule has 0 aliphatic carbocycles. The normalized spacial score (nSPS) is 14.8. The van der Waals surface area contributed by atoms with Crippen molar-refractivity contribution in [3.8, 4) is 0 Å². The van der Waals surface area contributed by atoms with Crippen molar-refractivity contribution in [3.05, 3.63) is 58.3 Å². The molecule has 162 valence electrons. The van der Waals surface area contributed by atoms with Crippen LogP contribution < -0.4 is 10.2 Å². The van der Waals surface area contributed by atoms with Gasteiger partial charge in [-0.05, 0) is 42.2 Å². The third-order valence-electron chi connectivity index (χ3n) is 5.07. The molecule has 0 spiro atoms. The van der Waals surface area contributed by atoms with Gasteiger partial charge in [0, 0.05) is 19.6 Å². The summed E-state index contributed by atoms with van der Waals surface area (Å²) < 4.78 is 43.5. The maximum atomic E-state index is 12.9. The van der Waals surface area contributed by atoms with E-state index in [4.69, 9.17) is 9.72 Å². The lowest BCUT2D eigenvalue weighted by atomic mass is 9.98. The van der Waals surface area contributed by atoms with Crippen LogP contribution in [0.5, 0.6) is 0 Å². The molecule has 2 heterocycles. The molecule has 0 radical (unpaired) electrons. The third-order valence-corrected chi connectivity index (χ3v) is 5.07. The number of nitrogens with one attached hydrogen (secondary N) is 1. The van der Waals surface area contributed by atoms with E-state index < -0.39 is 11.7 Å². The van der Waals surface area contributed by atoms with Crippen molar-refractivity contribution >= 4 is 11.7 Å². The van der Waals surface area contributed by atoms with Gasteiger partial charge >= 0.3 is 6.18 Å². The Balaban J connectivity index is 1.77. The molecule has 0 bridgehead atoms. The SMILES string of the molecule is Cc1cc(N2CCOCC2)nc(C(C)C)c1C(=O)NCc1ccc(C(F)(F)F)cc1. The zero-order chi connectivity index (χ0) is 21.9. The summed E-state index contributed by atoms with van der Waals surface area (Å²) >= 11 is 0. The number of ether oxygens (including phenoxy) is 1. The van der Waals surface area contributed by atoms with Gasteiger partial charge in [0.2, 0.25) is 0 Å². The molecule has 0 unspecified atom stereocenters. The maximum Gasteiger partial charge on any atom is 0.416 e. The number of hydrogen-bond acceptors (Lipinski definition) is 4. The summed E-state index contributed by atoms with van der Waals surface area (Å²) in [5.74, 6) is 0.590. The van der Waals surface area contributed by atoms with E-state index in [0.717, 1.165) is 36.6 Å². The largest absolute Gasteiger partial charge is 0.416 e. The van der Waals surface area contributed by atoms with Crippen molar-refractivity contribution in [2.45, 2.75) is 39.4 Å². The number of amides is 1. The highest BCUT2D eigenvalue weighted by Gasteiger charge is 2.30. The van der Waals surface area contributed by atoms with Crippen molar-refractivity contribution in [1.29, 1.82) is 0 Å². The molecule has 1 fully saturated rings. The first-order valence-electron chi connectivity index (χ1n) is 9.95. The van der Waals surface area contributed by atoms with Crippen LogP contribution >= 0.6 is 0 Å². The Kier molecular flexibility index (Phi) is 6.65. The van der Waals surface area contributed by atoms with Crippen molar-refractivity contribution in [3.63, 3.8) is 0 Å². The minimum Gasteiger partial charge on any atom is -0.378 e. The fourth-order valence-electron chi connectivity index (χ4n) is 3.43. The highest BCUT2D eigenvalue weighted by Crippen LogP contribution is 2.29. The van der Waals surface area contributed by atoms with Crippen LogP contribution in [0.25, 0.3) is 0 Å². The molecule has 0 atom stereocenters. The number of alkyl halides is 3. The monoisotopic (exact) mass is 421 g/mol. The molecule has 1 aromatic heterocycles.